The number of aryl methyl sites for hydroxylation is 1. The quantitative estimate of drug-likeness (QED) is 0.800. The lowest BCUT2D eigenvalue weighted by Gasteiger charge is -2.29. The van der Waals surface area contributed by atoms with Crippen molar-refractivity contribution in [2.24, 2.45) is 5.92 Å². The van der Waals surface area contributed by atoms with Crippen LogP contribution in [0.1, 0.15) is 43.0 Å². The Balaban J connectivity index is 2.19. The maximum Gasteiger partial charge on any atom is 0.294 e. The number of rotatable bonds is 5. The summed E-state index contributed by atoms with van der Waals surface area (Å²) in [6, 6.07) is 11.3. The molecule has 1 aliphatic heterocycles. The Morgan fingerprint density at radius 2 is 1.71 bits per heavy atom. The van der Waals surface area contributed by atoms with Crippen LogP contribution < -0.4 is 4.90 Å². The van der Waals surface area contributed by atoms with Gasteiger partial charge in [0.1, 0.15) is 5.75 Å². The van der Waals surface area contributed by atoms with Crippen LogP contribution >= 0.6 is 0 Å². The lowest BCUT2D eigenvalue weighted by Crippen LogP contribution is -2.31. The summed E-state index contributed by atoms with van der Waals surface area (Å²) < 4.78 is 0. The zero-order chi connectivity index (χ0) is 20.6. The average molecular weight is 379 g/mol. The van der Waals surface area contributed by atoms with E-state index in [-0.39, 0.29) is 29.4 Å². The predicted molar refractivity (Wildman–Crippen MR) is 108 cm³/mol. The SMILES string of the molecule is Cc1cccc(N2C(=O)C(O)=C(C(=O)CC(C)C)C2c2ccc(O)cc2)c1C. The Kier molecular flexibility index (Phi) is 5.27. The van der Waals surface area contributed by atoms with Gasteiger partial charge in [0.05, 0.1) is 11.6 Å². The number of amides is 1. The van der Waals surface area contributed by atoms with Crippen molar-refractivity contribution in [3.05, 3.63) is 70.5 Å². The first kappa shape index (κ1) is 19.7. The number of nitrogens with zero attached hydrogens (tertiary/aromatic N) is 1. The Hall–Kier alpha value is -3.08. The van der Waals surface area contributed by atoms with Gasteiger partial charge in [-0.15, -0.1) is 0 Å². The molecule has 1 atom stereocenters. The van der Waals surface area contributed by atoms with Gasteiger partial charge in [-0.25, -0.2) is 0 Å². The fourth-order valence-corrected chi connectivity index (χ4v) is 3.59. The minimum atomic E-state index is -0.736. The number of aromatic hydroxyl groups is 1. The van der Waals surface area contributed by atoms with Crippen LogP contribution in [0.4, 0.5) is 5.69 Å². The minimum Gasteiger partial charge on any atom is -0.508 e. The van der Waals surface area contributed by atoms with Crippen LogP contribution in [0, 0.1) is 19.8 Å². The van der Waals surface area contributed by atoms with E-state index in [9.17, 15) is 19.8 Å². The van der Waals surface area contributed by atoms with Gasteiger partial charge in [-0.05, 0) is 54.7 Å². The molecule has 5 nitrogen and oxygen atoms in total. The molecule has 0 fully saturated rings. The number of anilines is 1. The molecule has 2 aromatic rings. The first-order valence-corrected chi connectivity index (χ1v) is 9.37. The molecule has 0 bridgehead atoms. The molecule has 0 aromatic heterocycles. The Morgan fingerprint density at radius 3 is 2.32 bits per heavy atom. The highest BCUT2D eigenvalue weighted by Crippen LogP contribution is 2.43. The molecule has 1 unspecified atom stereocenters. The highest BCUT2D eigenvalue weighted by atomic mass is 16.3. The molecule has 1 amide bonds. The van der Waals surface area contributed by atoms with E-state index in [0.29, 0.717) is 11.3 Å². The Morgan fingerprint density at radius 1 is 1.07 bits per heavy atom. The van der Waals surface area contributed by atoms with Crippen LogP contribution in [0.3, 0.4) is 0 Å². The molecule has 146 valence electrons. The maximum atomic E-state index is 13.0. The fraction of sp³-hybridized carbons (Fsp3) is 0.304. The number of phenolic OH excluding ortho intramolecular Hbond substituents is 1. The molecule has 28 heavy (non-hydrogen) atoms. The van der Waals surface area contributed by atoms with Gasteiger partial charge in [-0.2, -0.15) is 0 Å². The van der Waals surface area contributed by atoms with Crippen LogP contribution in [-0.4, -0.2) is 21.9 Å². The van der Waals surface area contributed by atoms with E-state index in [4.69, 9.17) is 0 Å². The molecule has 3 rings (SSSR count). The van der Waals surface area contributed by atoms with Gasteiger partial charge in [0, 0.05) is 12.1 Å². The Labute approximate surface area is 164 Å². The summed E-state index contributed by atoms with van der Waals surface area (Å²) in [5.41, 5.74) is 3.34. The number of ketones is 1. The molecule has 0 saturated heterocycles. The van der Waals surface area contributed by atoms with Crippen molar-refractivity contribution in [3.63, 3.8) is 0 Å². The summed E-state index contributed by atoms with van der Waals surface area (Å²) in [5.74, 6) is -1.14. The smallest absolute Gasteiger partial charge is 0.294 e. The number of aliphatic hydroxyl groups excluding tert-OH is 1. The Bertz CT molecular complexity index is 957. The second-order valence-corrected chi connectivity index (χ2v) is 7.67. The van der Waals surface area contributed by atoms with Crippen molar-refractivity contribution < 1.29 is 19.8 Å². The first-order chi connectivity index (χ1) is 13.2. The van der Waals surface area contributed by atoms with Crippen molar-refractivity contribution in [3.8, 4) is 5.75 Å². The number of hydrogen-bond acceptors (Lipinski definition) is 4. The number of carbonyl (C=O) groups excluding carboxylic acids is 2. The first-order valence-electron chi connectivity index (χ1n) is 9.37. The van der Waals surface area contributed by atoms with Crippen LogP contribution in [0.2, 0.25) is 0 Å². The van der Waals surface area contributed by atoms with Crippen LogP contribution in [-0.2, 0) is 9.59 Å². The van der Waals surface area contributed by atoms with E-state index >= 15 is 0 Å². The number of carbonyl (C=O) groups is 2. The van der Waals surface area contributed by atoms with E-state index in [2.05, 4.69) is 0 Å². The third-order valence-corrected chi connectivity index (χ3v) is 5.15. The molecule has 2 N–H and O–H groups in total. The summed E-state index contributed by atoms with van der Waals surface area (Å²) >= 11 is 0. The molecule has 5 heteroatoms. The lowest BCUT2D eigenvalue weighted by atomic mass is 9.91. The molecule has 0 saturated carbocycles. The standard InChI is InChI=1S/C23H25NO4/c1-13(2)12-19(26)20-21(16-8-10-17(25)11-9-16)24(23(28)22(20)27)18-7-5-6-14(3)15(18)4/h5-11,13,21,25,27H,12H2,1-4H3. The molecule has 0 spiro atoms. The minimum absolute atomic E-state index is 0.0922. The van der Waals surface area contributed by atoms with Gasteiger partial charge < -0.3 is 10.2 Å². The van der Waals surface area contributed by atoms with Crippen molar-refractivity contribution in [1.82, 2.24) is 0 Å². The monoisotopic (exact) mass is 379 g/mol. The topological polar surface area (TPSA) is 77.8 Å². The summed E-state index contributed by atoms with van der Waals surface area (Å²) in [7, 11) is 0. The molecule has 2 aromatic carbocycles. The van der Waals surface area contributed by atoms with E-state index in [1.165, 1.54) is 17.0 Å². The highest BCUT2D eigenvalue weighted by Gasteiger charge is 2.44. The van der Waals surface area contributed by atoms with Crippen molar-refractivity contribution in [1.29, 1.82) is 0 Å². The number of hydrogen-bond donors (Lipinski definition) is 2. The summed E-state index contributed by atoms with van der Waals surface area (Å²) in [6.07, 6.45) is 0.238. The van der Waals surface area contributed by atoms with Crippen LogP contribution in [0.5, 0.6) is 5.75 Å². The number of aliphatic hydroxyl groups is 1. The number of phenols is 1. The molecule has 1 aliphatic rings. The zero-order valence-corrected chi connectivity index (χ0v) is 16.6. The van der Waals surface area contributed by atoms with E-state index in [0.717, 1.165) is 11.1 Å². The number of benzene rings is 2. The van der Waals surface area contributed by atoms with Gasteiger partial charge in [0.15, 0.2) is 11.5 Å². The predicted octanol–water partition coefficient (Wildman–Crippen LogP) is 4.52. The maximum absolute atomic E-state index is 13.0. The molecular weight excluding hydrogens is 354 g/mol. The van der Waals surface area contributed by atoms with Crippen molar-refractivity contribution in [2.45, 2.75) is 40.2 Å². The second kappa shape index (κ2) is 7.50. The lowest BCUT2D eigenvalue weighted by molar-refractivity contribution is -0.118. The van der Waals surface area contributed by atoms with Crippen molar-refractivity contribution >= 4 is 17.4 Å². The zero-order valence-electron chi connectivity index (χ0n) is 16.6. The summed E-state index contributed by atoms with van der Waals surface area (Å²) in [5, 5.41) is 20.3. The van der Waals surface area contributed by atoms with Crippen LogP contribution in [0.25, 0.3) is 0 Å². The average Bonchev–Trinajstić information content (AvgIpc) is 2.89. The van der Waals surface area contributed by atoms with Crippen molar-refractivity contribution in [2.75, 3.05) is 4.90 Å². The number of Topliss-reactive ketones (excluding diaryl/α,β-unsaturated/α-hetero) is 1. The van der Waals surface area contributed by atoms with Gasteiger partial charge in [-0.1, -0.05) is 38.1 Å². The molecule has 0 aliphatic carbocycles. The molecular formula is C23H25NO4. The molecule has 0 radical (unpaired) electrons. The highest BCUT2D eigenvalue weighted by molar-refractivity contribution is 6.16. The van der Waals surface area contributed by atoms with E-state index in [1.54, 1.807) is 12.1 Å². The summed E-state index contributed by atoms with van der Waals surface area (Å²) in [6.45, 7) is 7.71. The van der Waals surface area contributed by atoms with E-state index < -0.39 is 17.7 Å². The third-order valence-electron chi connectivity index (χ3n) is 5.15. The largest absolute Gasteiger partial charge is 0.508 e. The second-order valence-electron chi connectivity index (χ2n) is 7.67. The van der Waals surface area contributed by atoms with Crippen LogP contribution in [0.15, 0.2) is 53.8 Å². The van der Waals surface area contributed by atoms with Gasteiger partial charge >= 0.3 is 0 Å². The summed E-state index contributed by atoms with van der Waals surface area (Å²) in [4.78, 5) is 27.5. The third kappa shape index (κ3) is 3.40. The normalized spacial score (nSPS) is 17.0. The molecule has 1 heterocycles. The van der Waals surface area contributed by atoms with Gasteiger partial charge in [0.25, 0.3) is 5.91 Å². The van der Waals surface area contributed by atoms with Gasteiger partial charge in [-0.3, -0.25) is 14.5 Å². The van der Waals surface area contributed by atoms with Gasteiger partial charge in [0.2, 0.25) is 0 Å². The van der Waals surface area contributed by atoms with E-state index in [1.807, 2.05) is 45.9 Å². The fourth-order valence-electron chi connectivity index (χ4n) is 3.59.